The van der Waals surface area contributed by atoms with Gasteiger partial charge in [-0.1, -0.05) is 6.92 Å². The number of hydrogen-bond acceptors (Lipinski definition) is 5. The number of carbonyl (C=O) groups is 1. The number of rotatable bonds is 3. The number of carboxylic acid groups (broad SMARTS) is 1. The van der Waals surface area contributed by atoms with Crippen molar-refractivity contribution in [3.63, 3.8) is 0 Å². The molecule has 0 saturated carbocycles. The molecule has 0 radical (unpaired) electrons. The number of aromatic nitrogens is 2. The highest BCUT2D eigenvalue weighted by Gasteiger charge is 2.28. The number of anilines is 1. The molecule has 3 rings (SSSR count). The second-order valence-corrected chi connectivity index (χ2v) is 6.14. The smallest absolute Gasteiger partial charge is 0.346 e. The number of fused-ring (bicyclic) bond motifs is 1. The number of thiophene rings is 1. The van der Waals surface area contributed by atoms with Crippen molar-refractivity contribution in [3.05, 3.63) is 16.8 Å². The monoisotopic (exact) mass is 291 g/mol. The van der Waals surface area contributed by atoms with Gasteiger partial charge in [-0.3, -0.25) is 0 Å². The lowest BCUT2D eigenvalue weighted by Crippen LogP contribution is -2.29. The topological polar surface area (TPSA) is 66.3 Å². The Labute approximate surface area is 121 Å². The van der Waals surface area contributed by atoms with Crippen LogP contribution in [0.25, 0.3) is 10.2 Å². The zero-order valence-corrected chi connectivity index (χ0v) is 12.4. The van der Waals surface area contributed by atoms with E-state index in [9.17, 15) is 9.90 Å². The predicted octanol–water partition coefficient (Wildman–Crippen LogP) is 3.08. The fourth-order valence-corrected chi connectivity index (χ4v) is 4.00. The van der Waals surface area contributed by atoms with Crippen LogP contribution in [0.5, 0.6) is 0 Å². The van der Waals surface area contributed by atoms with E-state index in [1.807, 2.05) is 6.92 Å². The van der Waals surface area contributed by atoms with E-state index >= 15 is 0 Å². The van der Waals surface area contributed by atoms with Gasteiger partial charge < -0.3 is 10.0 Å². The summed E-state index contributed by atoms with van der Waals surface area (Å²) in [4.78, 5) is 23.4. The van der Waals surface area contributed by atoms with E-state index < -0.39 is 5.97 Å². The average molecular weight is 291 g/mol. The van der Waals surface area contributed by atoms with Gasteiger partial charge in [0.15, 0.2) is 0 Å². The Morgan fingerprint density at radius 3 is 3.05 bits per heavy atom. The van der Waals surface area contributed by atoms with Crippen molar-refractivity contribution >= 4 is 33.3 Å². The first-order valence-electron chi connectivity index (χ1n) is 6.87. The molecule has 1 aliphatic rings. The molecule has 6 heteroatoms. The Kier molecular flexibility index (Phi) is 3.33. The van der Waals surface area contributed by atoms with E-state index in [1.165, 1.54) is 24.2 Å². The highest BCUT2D eigenvalue weighted by molar-refractivity contribution is 7.20. The molecule has 5 nitrogen and oxygen atoms in total. The molecule has 0 aromatic carbocycles. The molecule has 106 valence electrons. The normalized spacial score (nSPS) is 18.9. The highest BCUT2D eigenvalue weighted by Crippen LogP contribution is 2.37. The maximum atomic E-state index is 11.3. The van der Waals surface area contributed by atoms with Crippen molar-refractivity contribution < 1.29 is 9.90 Å². The van der Waals surface area contributed by atoms with Crippen molar-refractivity contribution in [3.8, 4) is 0 Å². The lowest BCUT2D eigenvalue weighted by atomic mass is 10.1. The molecule has 1 N–H and O–H groups in total. The molecule has 1 fully saturated rings. The van der Waals surface area contributed by atoms with Gasteiger partial charge in [0.25, 0.3) is 0 Å². The van der Waals surface area contributed by atoms with Crippen LogP contribution in [0.3, 0.4) is 0 Å². The maximum Gasteiger partial charge on any atom is 0.346 e. The van der Waals surface area contributed by atoms with E-state index in [-0.39, 0.29) is 0 Å². The summed E-state index contributed by atoms with van der Waals surface area (Å²) in [6.45, 7) is 5.03. The lowest BCUT2D eigenvalue weighted by Gasteiger charge is -2.25. The summed E-state index contributed by atoms with van der Waals surface area (Å²) in [5.74, 6) is 0.0190. The van der Waals surface area contributed by atoms with Crippen molar-refractivity contribution in [2.24, 2.45) is 0 Å². The summed E-state index contributed by atoms with van der Waals surface area (Å²) < 4.78 is 0. The van der Waals surface area contributed by atoms with Crippen molar-refractivity contribution in [2.45, 2.75) is 39.2 Å². The second-order valence-electron chi connectivity index (χ2n) is 5.14. The van der Waals surface area contributed by atoms with Crippen LogP contribution >= 0.6 is 11.3 Å². The quantitative estimate of drug-likeness (QED) is 0.941. The first-order valence-corrected chi connectivity index (χ1v) is 7.69. The minimum absolute atomic E-state index is 0.369. The van der Waals surface area contributed by atoms with E-state index in [0.29, 0.717) is 10.9 Å². The Bertz CT molecular complexity index is 668. The summed E-state index contributed by atoms with van der Waals surface area (Å²) in [6.07, 6.45) is 4.97. The summed E-state index contributed by atoms with van der Waals surface area (Å²) in [5.41, 5.74) is 0.787. The fraction of sp³-hybridized carbons (Fsp3) is 0.500. The molecular weight excluding hydrogens is 274 g/mol. The van der Waals surface area contributed by atoms with Crippen molar-refractivity contribution in [1.29, 1.82) is 0 Å². The highest BCUT2D eigenvalue weighted by atomic mass is 32.1. The van der Waals surface area contributed by atoms with Crippen LogP contribution in [0.1, 0.15) is 41.4 Å². The van der Waals surface area contributed by atoms with E-state index in [4.69, 9.17) is 0 Å². The fourth-order valence-electron chi connectivity index (χ4n) is 3.01. The first kappa shape index (κ1) is 13.3. The van der Waals surface area contributed by atoms with Crippen molar-refractivity contribution in [2.75, 3.05) is 11.4 Å². The molecule has 1 saturated heterocycles. The van der Waals surface area contributed by atoms with Gasteiger partial charge in [0.2, 0.25) is 0 Å². The standard InChI is InChI=1S/C14H17N3O2S/c1-3-9-5-4-6-17(9)12-10-8(2)11(14(18)19)20-13(10)16-7-15-12/h7,9H,3-6H2,1-2H3,(H,18,19). The third-order valence-electron chi connectivity index (χ3n) is 4.02. The number of hydrogen-bond donors (Lipinski definition) is 1. The minimum Gasteiger partial charge on any atom is -0.477 e. The number of aryl methyl sites for hydroxylation is 1. The SMILES string of the molecule is CCC1CCCN1c1ncnc2sc(C(=O)O)c(C)c12. The molecule has 0 spiro atoms. The molecule has 20 heavy (non-hydrogen) atoms. The number of nitrogens with zero attached hydrogens (tertiary/aromatic N) is 3. The van der Waals surface area contributed by atoms with Gasteiger partial charge in [-0.2, -0.15) is 0 Å². The van der Waals surface area contributed by atoms with Gasteiger partial charge in [0.1, 0.15) is 21.9 Å². The van der Waals surface area contributed by atoms with Crippen molar-refractivity contribution in [1.82, 2.24) is 9.97 Å². The van der Waals surface area contributed by atoms with Crippen LogP contribution in [0, 0.1) is 6.92 Å². The molecule has 0 bridgehead atoms. The van der Waals surface area contributed by atoms with Gasteiger partial charge in [-0.25, -0.2) is 14.8 Å². The summed E-state index contributed by atoms with van der Waals surface area (Å²) in [5, 5.41) is 10.2. The van der Waals surface area contributed by atoms with Crippen LogP contribution < -0.4 is 4.90 Å². The molecule has 3 heterocycles. The zero-order chi connectivity index (χ0) is 14.3. The molecular formula is C14H17N3O2S. The summed E-state index contributed by atoms with van der Waals surface area (Å²) in [6, 6.07) is 0.501. The van der Waals surface area contributed by atoms with Crippen LogP contribution in [0.4, 0.5) is 5.82 Å². The zero-order valence-electron chi connectivity index (χ0n) is 11.6. The lowest BCUT2D eigenvalue weighted by molar-refractivity contribution is 0.0701. The maximum absolute atomic E-state index is 11.3. The van der Waals surface area contributed by atoms with Gasteiger partial charge in [-0.15, -0.1) is 11.3 Å². The summed E-state index contributed by atoms with van der Waals surface area (Å²) in [7, 11) is 0. The molecule has 2 aromatic rings. The van der Waals surface area contributed by atoms with Crippen LogP contribution in [-0.2, 0) is 0 Å². The van der Waals surface area contributed by atoms with Gasteiger partial charge >= 0.3 is 5.97 Å². The van der Waals surface area contributed by atoms with E-state index in [0.717, 1.165) is 34.6 Å². The van der Waals surface area contributed by atoms with E-state index in [2.05, 4.69) is 21.8 Å². The third kappa shape index (κ3) is 1.95. The summed E-state index contributed by atoms with van der Waals surface area (Å²) >= 11 is 1.24. The Morgan fingerprint density at radius 1 is 1.55 bits per heavy atom. The average Bonchev–Trinajstić information content (AvgIpc) is 3.03. The molecule has 0 aliphatic carbocycles. The Hall–Kier alpha value is -1.69. The van der Waals surface area contributed by atoms with Crippen LogP contribution in [0.15, 0.2) is 6.33 Å². The number of aromatic carboxylic acids is 1. The third-order valence-corrected chi connectivity index (χ3v) is 5.21. The number of carboxylic acids is 1. The molecule has 1 unspecified atom stereocenters. The first-order chi connectivity index (χ1) is 9.63. The molecule has 1 aliphatic heterocycles. The molecule has 1 atom stereocenters. The molecule has 0 amide bonds. The second kappa shape index (κ2) is 5.01. The molecule has 2 aromatic heterocycles. The van der Waals surface area contributed by atoms with Crippen LogP contribution in [-0.4, -0.2) is 33.6 Å². The van der Waals surface area contributed by atoms with Gasteiger partial charge in [0.05, 0.1) is 5.39 Å². The Balaban J connectivity index is 2.18. The van der Waals surface area contributed by atoms with Gasteiger partial charge in [-0.05, 0) is 31.7 Å². The van der Waals surface area contributed by atoms with Crippen LogP contribution in [0.2, 0.25) is 0 Å². The largest absolute Gasteiger partial charge is 0.477 e. The Morgan fingerprint density at radius 2 is 2.35 bits per heavy atom. The van der Waals surface area contributed by atoms with Gasteiger partial charge in [0, 0.05) is 12.6 Å². The predicted molar refractivity (Wildman–Crippen MR) is 79.8 cm³/mol. The minimum atomic E-state index is -0.884. The van der Waals surface area contributed by atoms with E-state index in [1.54, 1.807) is 6.33 Å².